The van der Waals surface area contributed by atoms with E-state index in [9.17, 15) is 4.79 Å². The SMILES string of the molecule is Cc1cc(C2CCC2)nc(-c2cccc(C(=O)O)c2)n1. The largest absolute Gasteiger partial charge is 0.478 e. The summed E-state index contributed by atoms with van der Waals surface area (Å²) in [7, 11) is 0. The van der Waals surface area contributed by atoms with Gasteiger partial charge in [-0.05, 0) is 38.0 Å². The monoisotopic (exact) mass is 268 g/mol. The highest BCUT2D eigenvalue weighted by Crippen LogP contribution is 2.36. The minimum Gasteiger partial charge on any atom is -0.478 e. The molecule has 0 radical (unpaired) electrons. The Bertz CT molecular complexity index is 663. The van der Waals surface area contributed by atoms with Crippen molar-refractivity contribution in [3.8, 4) is 11.4 Å². The average Bonchev–Trinajstić information content (AvgIpc) is 2.36. The number of carboxylic acids is 1. The van der Waals surface area contributed by atoms with Crippen molar-refractivity contribution in [3.05, 3.63) is 47.3 Å². The molecule has 0 bridgehead atoms. The topological polar surface area (TPSA) is 63.1 Å². The summed E-state index contributed by atoms with van der Waals surface area (Å²) in [6, 6.07) is 8.82. The van der Waals surface area contributed by atoms with E-state index in [-0.39, 0.29) is 5.56 Å². The molecule has 1 aromatic heterocycles. The Morgan fingerprint density at radius 2 is 2.05 bits per heavy atom. The fourth-order valence-corrected chi connectivity index (χ4v) is 2.43. The number of nitrogens with zero attached hydrogens (tertiary/aromatic N) is 2. The van der Waals surface area contributed by atoms with Crippen LogP contribution in [0.1, 0.15) is 46.9 Å². The van der Waals surface area contributed by atoms with E-state index in [1.165, 1.54) is 19.3 Å². The van der Waals surface area contributed by atoms with Gasteiger partial charge in [0.15, 0.2) is 5.82 Å². The molecule has 4 heteroatoms. The number of hydrogen-bond donors (Lipinski definition) is 1. The predicted octanol–water partition coefficient (Wildman–Crippen LogP) is 3.42. The van der Waals surface area contributed by atoms with Crippen molar-refractivity contribution in [1.82, 2.24) is 9.97 Å². The molecule has 0 aliphatic heterocycles. The Morgan fingerprint density at radius 3 is 2.70 bits per heavy atom. The molecular formula is C16H16N2O2. The fraction of sp³-hybridized carbons (Fsp3) is 0.312. The smallest absolute Gasteiger partial charge is 0.335 e. The zero-order valence-corrected chi connectivity index (χ0v) is 11.3. The van der Waals surface area contributed by atoms with Gasteiger partial charge in [0, 0.05) is 22.9 Å². The second-order valence-electron chi connectivity index (χ2n) is 5.27. The van der Waals surface area contributed by atoms with Gasteiger partial charge in [0.05, 0.1) is 5.56 Å². The summed E-state index contributed by atoms with van der Waals surface area (Å²) in [4.78, 5) is 20.1. The van der Waals surface area contributed by atoms with Crippen molar-refractivity contribution >= 4 is 5.97 Å². The standard InChI is InChI=1S/C16H16N2O2/c1-10-8-14(11-4-2-5-11)18-15(17-10)12-6-3-7-13(9-12)16(19)20/h3,6-9,11H,2,4-5H2,1H3,(H,19,20). The Kier molecular flexibility index (Phi) is 3.22. The number of hydrogen-bond acceptors (Lipinski definition) is 3. The first-order valence-electron chi connectivity index (χ1n) is 6.83. The normalized spacial score (nSPS) is 14.8. The van der Waals surface area contributed by atoms with Crippen LogP contribution in [0.5, 0.6) is 0 Å². The lowest BCUT2D eigenvalue weighted by Gasteiger charge is -2.25. The number of aromatic nitrogens is 2. The van der Waals surface area contributed by atoms with Gasteiger partial charge in [-0.2, -0.15) is 0 Å². The number of carbonyl (C=O) groups is 1. The molecule has 1 N–H and O–H groups in total. The third kappa shape index (κ3) is 2.41. The van der Waals surface area contributed by atoms with Crippen LogP contribution in [-0.2, 0) is 0 Å². The van der Waals surface area contributed by atoms with Gasteiger partial charge in [-0.15, -0.1) is 0 Å². The van der Waals surface area contributed by atoms with Crippen LogP contribution in [-0.4, -0.2) is 21.0 Å². The summed E-state index contributed by atoms with van der Waals surface area (Å²) in [5, 5.41) is 9.06. The summed E-state index contributed by atoms with van der Waals surface area (Å²) >= 11 is 0. The molecule has 1 aliphatic carbocycles. The Morgan fingerprint density at radius 1 is 1.25 bits per heavy atom. The second-order valence-corrected chi connectivity index (χ2v) is 5.27. The summed E-state index contributed by atoms with van der Waals surface area (Å²) in [6.45, 7) is 1.95. The molecule has 1 fully saturated rings. The zero-order chi connectivity index (χ0) is 14.1. The van der Waals surface area contributed by atoms with Gasteiger partial charge in [0.25, 0.3) is 0 Å². The molecule has 2 aromatic rings. The van der Waals surface area contributed by atoms with Crippen LogP contribution in [0, 0.1) is 6.92 Å². The Balaban J connectivity index is 2.02. The first-order chi connectivity index (χ1) is 9.63. The van der Waals surface area contributed by atoms with Gasteiger partial charge in [-0.25, -0.2) is 14.8 Å². The molecule has 0 saturated heterocycles. The summed E-state index contributed by atoms with van der Waals surface area (Å²) < 4.78 is 0. The van der Waals surface area contributed by atoms with Crippen LogP contribution in [0.15, 0.2) is 30.3 Å². The summed E-state index contributed by atoms with van der Waals surface area (Å²) in [5.74, 6) is 0.229. The molecule has 3 rings (SSSR count). The molecule has 0 unspecified atom stereocenters. The molecule has 4 nitrogen and oxygen atoms in total. The number of aryl methyl sites for hydroxylation is 1. The van der Waals surface area contributed by atoms with E-state index in [0.717, 1.165) is 17.0 Å². The highest BCUT2D eigenvalue weighted by molar-refractivity contribution is 5.89. The van der Waals surface area contributed by atoms with Crippen LogP contribution in [0.4, 0.5) is 0 Å². The molecule has 102 valence electrons. The molecule has 1 aromatic carbocycles. The van der Waals surface area contributed by atoms with Crippen molar-refractivity contribution in [3.63, 3.8) is 0 Å². The van der Waals surface area contributed by atoms with E-state index in [4.69, 9.17) is 5.11 Å². The van der Waals surface area contributed by atoms with Crippen molar-refractivity contribution in [1.29, 1.82) is 0 Å². The predicted molar refractivity (Wildman–Crippen MR) is 75.8 cm³/mol. The zero-order valence-electron chi connectivity index (χ0n) is 11.3. The van der Waals surface area contributed by atoms with Crippen LogP contribution < -0.4 is 0 Å². The van der Waals surface area contributed by atoms with Gasteiger partial charge < -0.3 is 5.11 Å². The maximum Gasteiger partial charge on any atom is 0.335 e. The summed E-state index contributed by atoms with van der Waals surface area (Å²) in [5.41, 5.74) is 3.03. The quantitative estimate of drug-likeness (QED) is 0.926. The first-order valence-corrected chi connectivity index (χ1v) is 6.83. The molecule has 0 amide bonds. The molecule has 0 spiro atoms. The van der Waals surface area contributed by atoms with E-state index in [0.29, 0.717) is 11.7 Å². The molecule has 1 saturated carbocycles. The van der Waals surface area contributed by atoms with Gasteiger partial charge in [-0.1, -0.05) is 18.6 Å². The van der Waals surface area contributed by atoms with Gasteiger partial charge in [0.1, 0.15) is 0 Å². The third-order valence-corrected chi connectivity index (χ3v) is 3.77. The minimum atomic E-state index is -0.932. The number of benzene rings is 1. The molecule has 20 heavy (non-hydrogen) atoms. The Labute approximate surface area is 117 Å². The van der Waals surface area contributed by atoms with Crippen LogP contribution in [0.25, 0.3) is 11.4 Å². The van der Waals surface area contributed by atoms with E-state index < -0.39 is 5.97 Å². The minimum absolute atomic E-state index is 0.262. The van der Waals surface area contributed by atoms with Gasteiger partial charge in [-0.3, -0.25) is 0 Å². The maximum atomic E-state index is 11.0. The summed E-state index contributed by atoms with van der Waals surface area (Å²) in [6.07, 6.45) is 3.63. The van der Waals surface area contributed by atoms with E-state index in [1.807, 2.05) is 19.1 Å². The molecule has 1 heterocycles. The van der Waals surface area contributed by atoms with E-state index >= 15 is 0 Å². The van der Waals surface area contributed by atoms with Gasteiger partial charge >= 0.3 is 5.97 Å². The average molecular weight is 268 g/mol. The van der Waals surface area contributed by atoms with E-state index in [1.54, 1.807) is 18.2 Å². The first kappa shape index (κ1) is 12.8. The van der Waals surface area contributed by atoms with E-state index in [2.05, 4.69) is 9.97 Å². The highest BCUT2D eigenvalue weighted by Gasteiger charge is 2.22. The number of rotatable bonds is 3. The number of aromatic carboxylic acids is 1. The molecule has 0 atom stereocenters. The third-order valence-electron chi connectivity index (χ3n) is 3.77. The molecular weight excluding hydrogens is 252 g/mol. The maximum absolute atomic E-state index is 11.0. The molecule has 1 aliphatic rings. The van der Waals surface area contributed by atoms with Crippen LogP contribution >= 0.6 is 0 Å². The van der Waals surface area contributed by atoms with Crippen LogP contribution in [0.2, 0.25) is 0 Å². The lowest BCUT2D eigenvalue weighted by atomic mass is 9.82. The number of carboxylic acid groups (broad SMARTS) is 1. The van der Waals surface area contributed by atoms with Crippen molar-refractivity contribution < 1.29 is 9.90 Å². The highest BCUT2D eigenvalue weighted by atomic mass is 16.4. The lowest BCUT2D eigenvalue weighted by Crippen LogP contribution is -2.12. The van der Waals surface area contributed by atoms with Gasteiger partial charge in [0.2, 0.25) is 0 Å². The van der Waals surface area contributed by atoms with Crippen molar-refractivity contribution in [2.24, 2.45) is 0 Å². The fourth-order valence-electron chi connectivity index (χ4n) is 2.43. The lowest BCUT2D eigenvalue weighted by molar-refractivity contribution is 0.0697. The van der Waals surface area contributed by atoms with Crippen molar-refractivity contribution in [2.45, 2.75) is 32.1 Å². The Hall–Kier alpha value is -2.23. The van der Waals surface area contributed by atoms with Crippen molar-refractivity contribution in [2.75, 3.05) is 0 Å². The second kappa shape index (κ2) is 5.04. The van der Waals surface area contributed by atoms with Crippen LogP contribution in [0.3, 0.4) is 0 Å².